The van der Waals surface area contributed by atoms with Crippen molar-refractivity contribution in [2.75, 3.05) is 0 Å². The molecule has 1 aliphatic heterocycles. The van der Waals surface area contributed by atoms with E-state index in [1.165, 1.54) is 18.2 Å². The fourth-order valence-electron chi connectivity index (χ4n) is 4.50. The lowest BCUT2D eigenvalue weighted by atomic mass is 9.66. The molecule has 9 nitrogen and oxygen atoms in total. The molecule has 1 heterocycles. The normalized spacial score (nSPS) is 20.8. The number of ketones is 1. The van der Waals surface area contributed by atoms with Gasteiger partial charge in [-0.25, -0.2) is 4.99 Å². The van der Waals surface area contributed by atoms with E-state index in [1.807, 2.05) is 25.1 Å². The first-order valence-corrected chi connectivity index (χ1v) is 13.3. The number of amidine groups is 1. The average molecular weight is 540 g/mol. The maximum atomic E-state index is 13.9. The molecule has 3 N–H and O–H groups in total. The van der Waals surface area contributed by atoms with Crippen LogP contribution in [0, 0.1) is 11.1 Å². The third-order valence-electron chi connectivity index (χ3n) is 6.62. The second-order valence-electron chi connectivity index (χ2n) is 11.2. The number of aliphatic hydroxyl groups excluding tert-OH is 1. The van der Waals surface area contributed by atoms with E-state index < -0.39 is 21.9 Å². The SMILES string of the molecule is CC(C)CCC1(C)C(=O)C(C2=Nc3ccc([N+]([O-])(O)C(=O)OC(C)(C)C)cc3SN2)=C(O)c2ccccc21. The quantitative estimate of drug-likeness (QED) is 0.165. The van der Waals surface area contributed by atoms with Crippen molar-refractivity contribution in [1.29, 1.82) is 0 Å². The molecule has 0 fully saturated rings. The van der Waals surface area contributed by atoms with Gasteiger partial charge in [0.1, 0.15) is 16.9 Å². The number of amides is 1. The molecule has 2 aliphatic rings. The van der Waals surface area contributed by atoms with Crippen LogP contribution in [0.15, 0.2) is 57.9 Å². The van der Waals surface area contributed by atoms with E-state index in [-0.39, 0.29) is 28.6 Å². The van der Waals surface area contributed by atoms with Crippen LogP contribution in [0.4, 0.5) is 16.2 Å². The number of nitrogens with one attached hydrogen (secondary N) is 1. The van der Waals surface area contributed by atoms with Crippen LogP contribution in [0.25, 0.3) is 5.76 Å². The minimum Gasteiger partial charge on any atom is -0.583 e. The minimum absolute atomic E-state index is 0.0991. The highest BCUT2D eigenvalue weighted by Gasteiger charge is 2.46. The zero-order chi connectivity index (χ0) is 28.0. The number of hydroxylamine groups is 2. The predicted molar refractivity (Wildman–Crippen MR) is 148 cm³/mol. The topological polar surface area (TPSA) is 131 Å². The van der Waals surface area contributed by atoms with Gasteiger partial charge in [0.05, 0.1) is 16.0 Å². The monoisotopic (exact) mass is 539 g/mol. The van der Waals surface area contributed by atoms with Crippen molar-refractivity contribution >= 4 is 46.8 Å². The number of Topliss-reactive ketones (excluding diaryl/α,β-unsaturated/α-hetero) is 1. The molecule has 0 aromatic heterocycles. The molecular weight excluding hydrogens is 506 g/mol. The van der Waals surface area contributed by atoms with Gasteiger partial charge in [-0.3, -0.25) is 4.79 Å². The number of hydrogen-bond acceptors (Lipinski definition) is 9. The molecule has 202 valence electrons. The standard InChI is InChI=1S/C28H33N3O6S/c1-16(2)13-14-28(6)19-10-8-7-9-18(19)23(32)22(24(28)33)25-29-20-12-11-17(15-21(20)38-30-25)31(35,36)26(34)37-27(3,4)5/h7-12,15-16,32,35H,13-14H2,1-6H3,(H,29,30). The highest BCUT2D eigenvalue weighted by atomic mass is 32.2. The molecule has 1 aliphatic carbocycles. The van der Waals surface area contributed by atoms with Crippen molar-refractivity contribution in [3.05, 3.63) is 64.4 Å². The van der Waals surface area contributed by atoms with E-state index in [9.17, 15) is 25.1 Å². The van der Waals surface area contributed by atoms with E-state index in [4.69, 9.17) is 4.74 Å². The maximum absolute atomic E-state index is 13.9. The van der Waals surface area contributed by atoms with Gasteiger partial charge in [-0.2, -0.15) is 10.0 Å². The average Bonchev–Trinajstić information content (AvgIpc) is 2.85. The van der Waals surface area contributed by atoms with Crippen LogP contribution in [-0.2, 0) is 14.9 Å². The number of aliphatic hydroxyl groups is 1. The zero-order valence-corrected chi connectivity index (χ0v) is 23.2. The highest BCUT2D eigenvalue weighted by Crippen LogP contribution is 2.45. The molecule has 10 heteroatoms. The van der Waals surface area contributed by atoms with Gasteiger partial charge < -0.3 is 19.8 Å². The van der Waals surface area contributed by atoms with E-state index in [0.717, 1.165) is 23.9 Å². The molecule has 2 atom stereocenters. The van der Waals surface area contributed by atoms with Crippen molar-refractivity contribution < 1.29 is 24.6 Å². The smallest absolute Gasteiger partial charge is 0.556 e. The van der Waals surface area contributed by atoms with Crippen LogP contribution < -0.4 is 9.53 Å². The van der Waals surface area contributed by atoms with Gasteiger partial charge >= 0.3 is 6.09 Å². The Balaban J connectivity index is 1.73. The summed E-state index contributed by atoms with van der Waals surface area (Å²) in [6, 6.07) is 11.5. The summed E-state index contributed by atoms with van der Waals surface area (Å²) in [7, 11) is 0. The number of ether oxygens (including phenoxy) is 1. The molecule has 0 saturated heterocycles. The van der Waals surface area contributed by atoms with Crippen molar-refractivity contribution in [1.82, 2.24) is 9.53 Å². The van der Waals surface area contributed by atoms with Crippen LogP contribution in [0.2, 0.25) is 0 Å². The number of carbonyl (C=O) groups is 2. The van der Waals surface area contributed by atoms with Gasteiger partial charge in [0, 0.05) is 17.7 Å². The van der Waals surface area contributed by atoms with Gasteiger partial charge in [-0.1, -0.05) is 42.9 Å². The van der Waals surface area contributed by atoms with Crippen molar-refractivity contribution in [3.8, 4) is 0 Å². The first kappa shape index (κ1) is 27.8. The second kappa shape index (κ2) is 9.85. The van der Waals surface area contributed by atoms with E-state index in [1.54, 1.807) is 26.8 Å². The zero-order valence-electron chi connectivity index (χ0n) is 22.4. The van der Waals surface area contributed by atoms with Crippen LogP contribution in [0.1, 0.15) is 65.5 Å². The summed E-state index contributed by atoms with van der Waals surface area (Å²) in [5.41, 5.74) is -0.162. The summed E-state index contributed by atoms with van der Waals surface area (Å²) < 4.78 is 8.06. The highest BCUT2D eigenvalue weighted by molar-refractivity contribution is 7.98. The molecule has 0 radical (unpaired) electrons. The Morgan fingerprint density at radius 1 is 1.24 bits per heavy atom. The van der Waals surface area contributed by atoms with Crippen molar-refractivity contribution in [2.45, 2.75) is 70.3 Å². The molecule has 0 saturated carbocycles. The van der Waals surface area contributed by atoms with Gasteiger partial charge in [-0.05, 0) is 70.0 Å². The third-order valence-corrected chi connectivity index (χ3v) is 7.47. The largest absolute Gasteiger partial charge is 0.583 e. The summed E-state index contributed by atoms with van der Waals surface area (Å²) in [6.07, 6.45) is 0.0823. The molecule has 2 aromatic rings. The van der Waals surface area contributed by atoms with Crippen LogP contribution in [0.3, 0.4) is 0 Å². The van der Waals surface area contributed by atoms with E-state index in [2.05, 4.69) is 23.6 Å². The molecule has 2 unspecified atom stereocenters. The second-order valence-corrected chi connectivity index (χ2v) is 12.1. The number of hydrogen-bond donors (Lipinski definition) is 3. The Labute approximate surface area is 226 Å². The summed E-state index contributed by atoms with van der Waals surface area (Å²) in [5, 5.41) is 34.3. The lowest BCUT2D eigenvalue weighted by molar-refractivity contribution is -0.120. The molecule has 1 amide bonds. The fourth-order valence-corrected chi connectivity index (χ4v) is 5.26. The minimum atomic E-state index is -2.34. The first-order chi connectivity index (χ1) is 17.6. The molecule has 4 rings (SSSR count). The molecular formula is C28H33N3O6S. The first-order valence-electron chi connectivity index (χ1n) is 12.5. The number of benzene rings is 2. The Bertz CT molecular complexity index is 1360. The molecule has 0 spiro atoms. The van der Waals surface area contributed by atoms with Gasteiger partial charge in [-0.15, -0.1) is 0 Å². The van der Waals surface area contributed by atoms with Crippen molar-refractivity contribution in [3.63, 3.8) is 0 Å². The van der Waals surface area contributed by atoms with Crippen LogP contribution in [-0.4, -0.2) is 33.6 Å². The number of aliphatic imine (C=N–C) groups is 1. The summed E-state index contributed by atoms with van der Waals surface area (Å²) >= 11 is 1.06. The lowest BCUT2D eigenvalue weighted by Gasteiger charge is -2.36. The lowest BCUT2D eigenvalue weighted by Crippen LogP contribution is -2.48. The predicted octanol–water partition coefficient (Wildman–Crippen LogP) is 6.70. The molecule has 2 aromatic carbocycles. The number of nitrogens with zero attached hydrogens (tertiary/aromatic N) is 2. The van der Waals surface area contributed by atoms with E-state index in [0.29, 0.717) is 28.5 Å². The Morgan fingerprint density at radius 2 is 1.92 bits per heavy atom. The Morgan fingerprint density at radius 3 is 2.58 bits per heavy atom. The molecule has 38 heavy (non-hydrogen) atoms. The number of quaternary nitrogens is 1. The summed E-state index contributed by atoms with van der Waals surface area (Å²) in [6.45, 7) is 10.9. The van der Waals surface area contributed by atoms with Gasteiger partial charge in [0.25, 0.3) is 0 Å². The maximum Gasteiger partial charge on any atom is 0.556 e. The number of carbonyl (C=O) groups excluding carboxylic acids is 2. The van der Waals surface area contributed by atoms with Crippen molar-refractivity contribution in [2.24, 2.45) is 10.9 Å². The Kier molecular flexibility index (Phi) is 7.22. The summed E-state index contributed by atoms with van der Waals surface area (Å²) in [5.74, 6) is 0.226. The number of fused-ring (bicyclic) bond motifs is 2. The Hall–Kier alpha value is -3.18. The fraction of sp³-hybridized carbons (Fsp3) is 0.393. The van der Waals surface area contributed by atoms with Gasteiger partial charge in [0.2, 0.25) is 0 Å². The third kappa shape index (κ3) is 5.09. The molecule has 0 bridgehead atoms. The number of rotatable bonds is 5. The van der Waals surface area contributed by atoms with E-state index >= 15 is 0 Å². The van der Waals surface area contributed by atoms with Crippen LogP contribution >= 0.6 is 11.9 Å². The summed E-state index contributed by atoms with van der Waals surface area (Å²) in [4.78, 5) is 28.9. The van der Waals surface area contributed by atoms with Gasteiger partial charge in [0.15, 0.2) is 17.3 Å². The van der Waals surface area contributed by atoms with Crippen LogP contribution in [0.5, 0.6) is 0 Å².